The summed E-state index contributed by atoms with van der Waals surface area (Å²) in [6, 6.07) is 6.97. The highest BCUT2D eigenvalue weighted by atomic mass is 16.5. The Morgan fingerprint density at radius 1 is 1.26 bits per heavy atom. The molecule has 1 aromatic rings. The molecule has 0 fully saturated rings. The van der Waals surface area contributed by atoms with E-state index in [0.29, 0.717) is 5.69 Å². The van der Waals surface area contributed by atoms with Gasteiger partial charge in [-0.2, -0.15) is 0 Å². The summed E-state index contributed by atoms with van der Waals surface area (Å²) in [7, 11) is 0. The molecule has 0 aliphatic rings. The third-order valence-corrected chi connectivity index (χ3v) is 2.16. The molecule has 1 aromatic carbocycles. The largest absolute Gasteiger partial charge is 0.459 e. The number of nitrogens with one attached hydrogen (secondary N) is 2. The number of carbonyl (C=O) groups is 3. The fraction of sp³-hybridized carbons (Fsp3) is 0.308. The van der Waals surface area contributed by atoms with Crippen molar-refractivity contribution in [3.05, 3.63) is 29.8 Å². The number of anilines is 1. The van der Waals surface area contributed by atoms with Crippen LogP contribution < -0.4 is 10.6 Å². The van der Waals surface area contributed by atoms with Crippen molar-refractivity contribution in [3.63, 3.8) is 0 Å². The molecule has 0 bridgehead atoms. The highest BCUT2D eigenvalue weighted by Gasteiger charge is 2.13. The molecule has 0 saturated heterocycles. The Bertz CT molecular complexity index is 485. The molecule has 0 radical (unpaired) electrons. The van der Waals surface area contributed by atoms with Gasteiger partial charge in [-0.1, -0.05) is 12.1 Å². The number of hydrogen-bond donors (Lipinski definition) is 2. The van der Waals surface area contributed by atoms with Gasteiger partial charge in [0.25, 0.3) is 0 Å². The van der Waals surface area contributed by atoms with E-state index < -0.39 is 11.9 Å². The van der Waals surface area contributed by atoms with Gasteiger partial charge in [0.1, 0.15) is 0 Å². The van der Waals surface area contributed by atoms with E-state index in [1.54, 1.807) is 31.2 Å². The van der Waals surface area contributed by atoms with E-state index >= 15 is 0 Å². The van der Waals surface area contributed by atoms with Gasteiger partial charge >= 0.3 is 11.9 Å². The maximum absolute atomic E-state index is 11.3. The number of ether oxygens (including phenoxy) is 1. The Morgan fingerprint density at radius 2 is 2.00 bits per heavy atom. The molecule has 6 nitrogen and oxygen atoms in total. The lowest BCUT2D eigenvalue weighted by Crippen LogP contribution is -2.32. The standard InChI is InChI=1S/C13H16N2O4/c1-3-19-13(18)12(17)14-8-10-5-4-6-11(7-10)15-9(2)16/h4-7H,3,8H2,1-2H3,(H,14,17)(H,15,16). The zero-order valence-corrected chi connectivity index (χ0v) is 10.9. The van der Waals surface area contributed by atoms with E-state index in [1.165, 1.54) is 6.92 Å². The fourth-order valence-electron chi connectivity index (χ4n) is 1.41. The summed E-state index contributed by atoms with van der Waals surface area (Å²) in [5, 5.41) is 5.07. The van der Waals surface area contributed by atoms with Gasteiger partial charge < -0.3 is 15.4 Å². The summed E-state index contributed by atoms with van der Waals surface area (Å²) in [4.78, 5) is 33.3. The zero-order chi connectivity index (χ0) is 14.3. The number of carbonyl (C=O) groups excluding carboxylic acids is 3. The highest BCUT2D eigenvalue weighted by molar-refractivity contribution is 6.32. The van der Waals surface area contributed by atoms with Crippen molar-refractivity contribution >= 4 is 23.5 Å². The second-order valence-corrected chi connectivity index (χ2v) is 3.78. The van der Waals surface area contributed by atoms with Crippen molar-refractivity contribution in [2.75, 3.05) is 11.9 Å². The number of rotatable bonds is 4. The lowest BCUT2D eigenvalue weighted by atomic mass is 10.2. The average molecular weight is 264 g/mol. The van der Waals surface area contributed by atoms with Crippen LogP contribution in [0.1, 0.15) is 19.4 Å². The lowest BCUT2D eigenvalue weighted by molar-refractivity contribution is -0.154. The third-order valence-electron chi connectivity index (χ3n) is 2.16. The van der Waals surface area contributed by atoms with Crippen molar-refractivity contribution in [3.8, 4) is 0 Å². The summed E-state index contributed by atoms with van der Waals surface area (Å²) in [6.45, 7) is 3.38. The molecule has 19 heavy (non-hydrogen) atoms. The van der Waals surface area contributed by atoms with Crippen LogP contribution in [0.25, 0.3) is 0 Å². The first kappa shape index (κ1) is 14.7. The molecule has 0 atom stereocenters. The van der Waals surface area contributed by atoms with E-state index in [4.69, 9.17) is 0 Å². The van der Waals surface area contributed by atoms with Crippen molar-refractivity contribution in [1.82, 2.24) is 5.32 Å². The van der Waals surface area contributed by atoms with Gasteiger partial charge in [0.2, 0.25) is 5.91 Å². The van der Waals surface area contributed by atoms with Crippen molar-refractivity contribution in [2.45, 2.75) is 20.4 Å². The van der Waals surface area contributed by atoms with Gasteiger partial charge in [0, 0.05) is 19.2 Å². The summed E-state index contributed by atoms with van der Waals surface area (Å²) >= 11 is 0. The summed E-state index contributed by atoms with van der Waals surface area (Å²) in [5.41, 5.74) is 1.40. The minimum absolute atomic E-state index is 0.157. The second kappa shape index (κ2) is 7.15. The van der Waals surface area contributed by atoms with Gasteiger partial charge in [0.05, 0.1) is 6.61 Å². The van der Waals surface area contributed by atoms with Crippen molar-refractivity contribution in [2.24, 2.45) is 0 Å². The van der Waals surface area contributed by atoms with Crippen LogP contribution in [0.2, 0.25) is 0 Å². The molecular formula is C13H16N2O4. The second-order valence-electron chi connectivity index (χ2n) is 3.78. The van der Waals surface area contributed by atoms with Crippen molar-refractivity contribution in [1.29, 1.82) is 0 Å². The molecule has 0 spiro atoms. The molecule has 2 N–H and O–H groups in total. The lowest BCUT2D eigenvalue weighted by Gasteiger charge is -2.07. The van der Waals surface area contributed by atoms with Crippen LogP contribution >= 0.6 is 0 Å². The summed E-state index contributed by atoms with van der Waals surface area (Å²) in [5.74, 6) is -1.86. The van der Waals surface area contributed by atoms with E-state index in [2.05, 4.69) is 15.4 Å². The Kier molecular flexibility index (Phi) is 5.53. The normalized spacial score (nSPS) is 9.58. The Hall–Kier alpha value is -2.37. The Labute approximate surface area is 111 Å². The Morgan fingerprint density at radius 3 is 2.63 bits per heavy atom. The SMILES string of the molecule is CCOC(=O)C(=O)NCc1cccc(NC(C)=O)c1. The molecule has 6 heteroatoms. The number of amides is 2. The predicted molar refractivity (Wildman–Crippen MR) is 69.2 cm³/mol. The first-order valence-corrected chi connectivity index (χ1v) is 5.84. The minimum atomic E-state index is -0.902. The Balaban J connectivity index is 2.55. The first-order valence-electron chi connectivity index (χ1n) is 5.84. The van der Waals surface area contributed by atoms with Crippen LogP contribution in [0.3, 0.4) is 0 Å². The van der Waals surface area contributed by atoms with Gasteiger partial charge in [-0.3, -0.25) is 9.59 Å². The smallest absolute Gasteiger partial charge is 0.396 e. The van der Waals surface area contributed by atoms with E-state index in [0.717, 1.165) is 5.56 Å². The fourth-order valence-corrected chi connectivity index (χ4v) is 1.41. The molecule has 1 rings (SSSR count). The third kappa shape index (κ3) is 5.20. The van der Waals surface area contributed by atoms with Crippen LogP contribution in [0.4, 0.5) is 5.69 Å². The molecular weight excluding hydrogens is 248 g/mol. The van der Waals surface area contributed by atoms with E-state index in [9.17, 15) is 14.4 Å². The maximum atomic E-state index is 11.3. The van der Waals surface area contributed by atoms with Gasteiger partial charge in [-0.15, -0.1) is 0 Å². The predicted octanol–water partition coefficient (Wildman–Crippen LogP) is 0.824. The maximum Gasteiger partial charge on any atom is 0.396 e. The molecule has 0 aliphatic heterocycles. The molecule has 0 aromatic heterocycles. The van der Waals surface area contributed by atoms with Crippen LogP contribution in [0.15, 0.2) is 24.3 Å². The monoisotopic (exact) mass is 264 g/mol. The van der Waals surface area contributed by atoms with Crippen LogP contribution in [-0.2, 0) is 25.7 Å². The van der Waals surface area contributed by atoms with E-state index in [1.807, 2.05) is 0 Å². The van der Waals surface area contributed by atoms with Gasteiger partial charge in [-0.25, -0.2) is 4.79 Å². The number of benzene rings is 1. The van der Waals surface area contributed by atoms with Gasteiger partial charge in [-0.05, 0) is 24.6 Å². The molecule has 102 valence electrons. The van der Waals surface area contributed by atoms with Crippen LogP contribution in [-0.4, -0.2) is 24.4 Å². The van der Waals surface area contributed by atoms with Crippen LogP contribution in [0.5, 0.6) is 0 Å². The zero-order valence-electron chi connectivity index (χ0n) is 10.9. The van der Waals surface area contributed by atoms with Gasteiger partial charge in [0.15, 0.2) is 0 Å². The molecule has 0 unspecified atom stereocenters. The van der Waals surface area contributed by atoms with E-state index in [-0.39, 0.29) is 19.1 Å². The first-order chi connectivity index (χ1) is 9.02. The number of esters is 1. The highest BCUT2D eigenvalue weighted by Crippen LogP contribution is 2.10. The van der Waals surface area contributed by atoms with Crippen molar-refractivity contribution < 1.29 is 19.1 Å². The molecule has 0 heterocycles. The van der Waals surface area contributed by atoms with Crippen LogP contribution in [0, 0.1) is 0 Å². The molecule has 2 amide bonds. The average Bonchev–Trinajstić information content (AvgIpc) is 2.36. The molecule has 0 aliphatic carbocycles. The summed E-state index contributed by atoms with van der Waals surface area (Å²) < 4.78 is 4.56. The quantitative estimate of drug-likeness (QED) is 0.623. The molecule has 0 saturated carbocycles. The summed E-state index contributed by atoms with van der Waals surface area (Å²) in [6.07, 6.45) is 0. The number of hydrogen-bond acceptors (Lipinski definition) is 4. The minimum Gasteiger partial charge on any atom is -0.459 e. The topological polar surface area (TPSA) is 84.5 Å².